The fraction of sp³-hybridized carbons (Fsp3) is 0.444. The lowest BCUT2D eigenvalue weighted by Crippen LogP contribution is -2.43. The summed E-state index contributed by atoms with van der Waals surface area (Å²) in [6, 6.07) is 10.7. The summed E-state index contributed by atoms with van der Waals surface area (Å²) in [5, 5.41) is 0. The molecule has 1 aromatic heterocycles. The van der Waals surface area contributed by atoms with Crippen molar-refractivity contribution in [2.75, 3.05) is 19.6 Å². The van der Waals surface area contributed by atoms with Gasteiger partial charge in [-0.2, -0.15) is 0 Å². The molecule has 2 aromatic rings. The maximum absolute atomic E-state index is 12.8. The molecule has 1 atom stereocenters. The minimum Gasteiger partial charge on any atom is -0.333 e. The fourth-order valence-corrected chi connectivity index (χ4v) is 3.25. The quantitative estimate of drug-likeness (QED) is 0.872. The van der Waals surface area contributed by atoms with Crippen molar-refractivity contribution in [3.05, 3.63) is 54.1 Å². The highest BCUT2D eigenvalue weighted by molar-refractivity contribution is 5.92. The van der Waals surface area contributed by atoms with Crippen molar-refractivity contribution in [1.82, 2.24) is 19.4 Å². The van der Waals surface area contributed by atoms with Gasteiger partial charge in [0.2, 0.25) is 0 Å². The van der Waals surface area contributed by atoms with Gasteiger partial charge in [-0.1, -0.05) is 30.3 Å². The lowest BCUT2D eigenvalue weighted by atomic mass is 10.2. The molecule has 1 fully saturated rings. The van der Waals surface area contributed by atoms with Gasteiger partial charge < -0.3 is 9.47 Å². The van der Waals surface area contributed by atoms with Crippen LogP contribution in [0.1, 0.15) is 29.4 Å². The number of benzene rings is 1. The molecule has 122 valence electrons. The van der Waals surface area contributed by atoms with Crippen LogP contribution in [0.3, 0.4) is 0 Å². The summed E-state index contributed by atoms with van der Waals surface area (Å²) < 4.78 is 1.79. The van der Waals surface area contributed by atoms with E-state index >= 15 is 0 Å². The number of hydrogen-bond acceptors (Lipinski definition) is 3. The number of imidazole rings is 1. The summed E-state index contributed by atoms with van der Waals surface area (Å²) in [5.41, 5.74) is 1.99. The van der Waals surface area contributed by atoms with Crippen molar-refractivity contribution in [3.63, 3.8) is 0 Å². The van der Waals surface area contributed by atoms with E-state index in [9.17, 15) is 4.79 Å². The van der Waals surface area contributed by atoms with Crippen LogP contribution in [0, 0.1) is 0 Å². The third-order valence-corrected chi connectivity index (χ3v) is 4.47. The summed E-state index contributed by atoms with van der Waals surface area (Å²) in [6.45, 7) is 5.81. The van der Waals surface area contributed by atoms with Crippen molar-refractivity contribution in [2.24, 2.45) is 7.05 Å². The Morgan fingerprint density at radius 3 is 2.74 bits per heavy atom. The lowest BCUT2D eigenvalue weighted by Gasteiger charge is -2.29. The minimum atomic E-state index is 0.0825. The van der Waals surface area contributed by atoms with E-state index in [-0.39, 0.29) is 11.9 Å². The molecular formula is C18H24N4O. The van der Waals surface area contributed by atoms with E-state index in [1.807, 2.05) is 18.0 Å². The topological polar surface area (TPSA) is 41.4 Å². The third-order valence-electron chi connectivity index (χ3n) is 4.47. The Labute approximate surface area is 137 Å². The van der Waals surface area contributed by atoms with Crippen LogP contribution in [0.5, 0.6) is 0 Å². The molecule has 0 spiro atoms. The Hall–Kier alpha value is -2.14. The summed E-state index contributed by atoms with van der Waals surface area (Å²) in [5.74, 6) is 0.0825. The molecule has 1 saturated heterocycles. The molecule has 0 aliphatic carbocycles. The summed E-state index contributed by atoms with van der Waals surface area (Å²) in [6.07, 6.45) is 4.33. The average Bonchev–Trinajstić information content (AvgIpc) is 2.89. The van der Waals surface area contributed by atoms with Crippen molar-refractivity contribution in [1.29, 1.82) is 0 Å². The number of aromatic nitrogens is 2. The van der Waals surface area contributed by atoms with Gasteiger partial charge in [0.15, 0.2) is 0 Å². The first-order valence-electron chi connectivity index (χ1n) is 8.18. The molecule has 5 nitrogen and oxygen atoms in total. The van der Waals surface area contributed by atoms with Crippen LogP contribution < -0.4 is 0 Å². The van der Waals surface area contributed by atoms with Crippen LogP contribution in [0.2, 0.25) is 0 Å². The molecule has 0 bridgehead atoms. The van der Waals surface area contributed by atoms with Crippen LogP contribution in [0.4, 0.5) is 0 Å². The number of carbonyl (C=O) groups is 1. The SMILES string of the molecule is C[C@H]1CN(Cc2ccccc2)CCCN1C(=O)c1cncn1C. The predicted molar refractivity (Wildman–Crippen MR) is 90.0 cm³/mol. The average molecular weight is 312 g/mol. The Bertz CT molecular complexity index is 652. The summed E-state index contributed by atoms with van der Waals surface area (Å²) in [7, 11) is 1.87. The molecule has 0 unspecified atom stereocenters. The van der Waals surface area contributed by atoms with E-state index in [0.29, 0.717) is 5.69 Å². The number of rotatable bonds is 3. The number of amides is 1. The van der Waals surface area contributed by atoms with E-state index < -0.39 is 0 Å². The first-order valence-corrected chi connectivity index (χ1v) is 8.18. The van der Waals surface area contributed by atoms with Crippen molar-refractivity contribution in [2.45, 2.75) is 25.9 Å². The van der Waals surface area contributed by atoms with Gasteiger partial charge in [-0.3, -0.25) is 9.69 Å². The number of nitrogens with zero attached hydrogens (tertiary/aromatic N) is 4. The van der Waals surface area contributed by atoms with Crippen LogP contribution in [0.15, 0.2) is 42.9 Å². The molecule has 0 saturated carbocycles. The Balaban J connectivity index is 1.67. The van der Waals surface area contributed by atoms with Crippen LogP contribution >= 0.6 is 0 Å². The number of aryl methyl sites for hydroxylation is 1. The normalized spacial score (nSPS) is 19.6. The van der Waals surface area contributed by atoms with E-state index in [4.69, 9.17) is 0 Å². The van der Waals surface area contributed by atoms with Gasteiger partial charge in [-0.15, -0.1) is 0 Å². The summed E-state index contributed by atoms with van der Waals surface area (Å²) in [4.78, 5) is 21.2. The molecular weight excluding hydrogens is 288 g/mol. The standard InChI is InChI=1S/C18H24N4O/c1-15-12-21(13-16-7-4-3-5-8-16)9-6-10-22(15)18(23)17-11-19-14-20(17)2/h3-5,7-8,11,14-15H,6,9-10,12-13H2,1-2H3/t15-/m0/s1. The maximum atomic E-state index is 12.8. The highest BCUT2D eigenvalue weighted by atomic mass is 16.2. The third kappa shape index (κ3) is 3.62. The summed E-state index contributed by atoms with van der Waals surface area (Å²) >= 11 is 0. The van der Waals surface area contributed by atoms with Crippen LogP contribution in [-0.4, -0.2) is 50.9 Å². The highest BCUT2D eigenvalue weighted by Gasteiger charge is 2.27. The van der Waals surface area contributed by atoms with Crippen molar-refractivity contribution < 1.29 is 4.79 Å². The predicted octanol–water partition coefficient (Wildman–Crippen LogP) is 2.16. The minimum absolute atomic E-state index is 0.0825. The van der Waals surface area contributed by atoms with Gasteiger partial charge in [0.1, 0.15) is 5.69 Å². The molecule has 0 N–H and O–H groups in total. The Morgan fingerprint density at radius 1 is 1.26 bits per heavy atom. The van der Waals surface area contributed by atoms with Gasteiger partial charge >= 0.3 is 0 Å². The van der Waals surface area contributed by atoms with Crippen molar-refractivity contribution >= 4 is 5.91 Å². The monoisotopic (exact) mass is 312 g/mol. The second kappa shape index (κ2) is 6.96. The fourth-order valence-electron chi connectivity index (χ4n) is 3.25. The Kier molecular flexibility index (Phi) is 4.76. The highest BCUT2D eigenvalue weighted by Crippen LogP contribution is 2.16. The Morgan fingerprint density at radius 2 is 2.04 bits per heavy atom. The molecule has 3 rings (SSSR count). The molecule has 1 amide bonds. The van der Waals surface area contributed by atoms with Crippen molar-refractivity contribution in [3.8, 4) is 0 Å². The smallest absolute Gasteiger partial charge is 0.272 e. The molecule has 5 heteroatoms. The largest absolute Gasteiger partial charge is 0.333 e. The molecule has 1 aliphatic rings. The van der Waals surface area contributed by atoms with Gasteiger partial charge in [-0.05, 0) is 18.9 Å². The van der Waals surface area contributed by atoms with Crippen LogP contribution in [-0.2, 0) is 13.6 Å². The molecule has 1 aliphatic heterocycles. The zero-order chi connectivity index (χ0) is 16.2. The van der Waals surface area contributed by atoms with E-state index in [1.54, 1.807) is 17.1 Å². The molecule has 23 heavy (non-hydrogen) atoms. The van der Waals surface area contributed by atoms with Gasteiger partial charge in [0.05, 0.1) is 12.5 Å². The number of carbonyl (C=O) groups excluding carboxylic acids is 1. The van der Waals surface area contributed by atoms with Gasteiger partial charge in [0.25, 0.3) is 5.91 Å². The van der Waals surface area contributed by atoms with Gasteiger partial charge in [0, 0.05) is 39.3 Å². The first kappa shape index (κ1) is 15.7. The van der Waals surface area contributed by atoms with E-state index in [0.717, 1.165) is 32.6 Å². The molecule has 2 heterocycles. The van der Waals surface area contributed by atoms with E-state index in [2.05, 4.69) is 41.1 Å². The second-order valence-corrected chi connectivity index (χ2v) is 6.31. The van der Waals surface area contributed by atoms with E-state index in [1.165, 1.54) is 5.56 Å². The van der Waals surface area contributed by atoms with Gasteiger partial charge in [-0.25, -0.2) is 4.98 Å². The molecule has 1 aromatic carbocycles. The first-order chi connectivity index (χ1) is 11.1. The maximum Gasteiger partial charge on any atom is 0.272 e. The zero-order valence-corrected chi connectivity index (χ0v) is 13.9. The zero-order valence-electron chi connectivity index (χ0n) is 13.9. The molecule has 0 radical (unpaired) electrons. The lowest BCUT2D eigenvalue weighted by molar-refractivity contribution is 0.0681. The van der Waals surface area contributed by atoms with Crippen LogP contribution in [0.25, 0.3) is 0 Å². The second-order valence-electron chi connectivity index (χ2n) is 6.31. The number of hydrogen-bond donors (Lipinski definition) is 0.